The molecule has 4 aliphatic rings. The summed E-state index contributed by atoms with van der Waals surface area (Å²) in [6.07, 6.45) is 17.5. The van der Waals surface area contributed by atoms with E-state index in [1.54, 1.807) is 0 Å². The Morgan fingerprint density at radius 2 is 1.32 bits per heavy atom. The predicted molar refractivity (Wildman–Crippen MR) is 101 cm³/mol. The minimum absolute atomic E-state index is 0.345. The first-order valence-electron chi connectivity index (χ1n) is 10.5. The van der Waals surface area contributed by atoms with Crippen LogP contribution in [0.4, 0.5) is 0 Å². The molecule has 0 aromatic heterocycles. The lowest BCUT2D eigenvalue weighted by Gasteiger charge is -2.33. The third-order valence-corrected chi connectivity index (χ3v) is 8.32. The Balaban J connectivity index is 1.77. The second-order valence-electron chi connectivity index (χ2n) is 8.83. The molecule has 140 valence electrons. The van der Waals surface area contributed by atoms with Crippen molar-refractivity contribution in [1.82, 2.24) is 0 Å². The van der Waals surface area contributed by atoms with E-state index in [1.165, 1.54) is 51.4 Å². The zero-order valence-corrected chi connectivity index (χ0v) is 16.1. The molecule has 0 radical (unpaired) electrons. The van der Waals surface area contributed by atoms with E-state index in [9.17, 15) is 13.0 Å². The molecule has 0 spiro atoms. The van der Waals surface area contributed by atoms with Crippen molar-refractivity contribution in [2.24, 2.45) is 23.7 Å². The Morgan fingerprint density at radius 3 is 1.88 bits per heavy atom. The number of rotatable bonds is 4. The third-order valence-electron chi connectivity index (χ3n) is 7.31. The van der Waals surface area contributed by atoms with Crippen molar-refractivity contribution in [1.29, 1.82) is 0 Å². The molecule has 0 unspecified atom stereocenters. The average molecular weight is 365 g/mol. The fourth-order valence-corrected chi connectivity index (χ4v) is 7.20. The van der Waals surface area contributed by atoms with Crippen LogP contribution in [0.5, 0.6) is 0 Å². The topological polar surface area (TPSA) is 54.4 Å². The summed E-state index contributed by atoms with van der Waals surface area (Å²) in [4.78, 5) is 0.362. The van der Waals surface area contributed by atoms with Gasteiger partial charge in [-0.05, 0) is 79.8 Å². The number of allylic oxidation sites excluding steroid dienone is 3. The summed E-state index contributed by atoms with van der Waals surface area (Å²) in [6.45, 7) is 0. The molecule has 0 aromatic rings. The Morgan fingerprint density at radius 1 is 0.800 bits per heavy atom. The molecule has 4 aliphatic carbocycles. The van der Waals surface area contributed by atoms with E-state index in [-0.39, 0.29) is 0 Å². The minimum Gasteiger partial charge on any atom is -0.282 e. The molecule has 4 rings (SSSR count). The fourth-order valence-electron chi connectivity index (χ4n) is 6.08. The van der Waals surface area contributed by atoms with E-state index >= 15 is 0 Å². The van der Waals surface area contributed by atoms with Gasteiger partial charge in [0.2, 0.25) is 0 Å². The molecular formula is C21H32O3S. The molecule has 0 saturated heterocycles. The highest BCUT2D eigenvalue weighted by Gasteiger charge is 2.39. The molecule has 0 aromatic carbocycles. The van der Waals surface area contributed by atoms with Gasteiger partial charge in [0, 0.05) is 0 Å². The van der Waals surface area contributed by atoms with Crippen molar-refractivity contribution in [3.05, 3.63) is 22.1 Å². The van der Waals surface area contributed by atoms with Crippen LogP contribution in [0.2, 0.25) is 0 Å². The van der Waals surface area contributed by atoms with Gasteiger partial charge in [-0.2, -0.15) is 8.42 Å². The summed E-state index contributed by atoms with van der Waals surface area (Å²) >= 11 is 0. The van der Waals surface area contributed by atoms with E-state index < -0.39 is 10.1 Å². The van der Waals surface area contributed by atoms with Crippen molar-refractivity contribution < 1.29 is 13.0 Å². The average Bonchev–Trinajstić information content (AvgIpc) is 3.36. The van der Waals surface area contributed by atoms with Crippen LogP contribution in [0.15, 0.2) is 22.1 Å². The smallest absolute Gasteiger partial charge is 0.282 e. The van der Waals surface area contributed by atoms with Gasteiger partial charge in [-0.25, -0.2) is 0 Å². The Labute approximate surface area is 152 Å². The summed E-state index contributed by atoms with van der Waals surface area (Å²) in [6, 6.07) is 0. The Kier molecular flexibility index (Phi) is 5.11. The van der Waals surface area contributed by atoms with Crippen molar-refractivity contribution in [3.8, 4) is 0 Å². The summed E-state index contributed by atoms with van der Waals surface area (Å²) in [7, 11) is -4.13. The highest BCUT2D eigenvalue weighted by Crippen LogP contribution is 2.49. The normalized spacial score (nSPS) is 30.4. The third kappa shape index (κ3) is 3.62. The van der Waals surface area contributed by atoms with Crippen molar-refractivity contribution in [3.63, 3.8) is 0 Å². The van der Waals surface area contributed by atoms with E-state index in [2.05, 4.69) is 6.08 Å². The first kappa shape index (κ1) is 17.8. The van der Waals surface area contributed by atoms with Crippen LogP contribution in [0, 0.1) is 23.7 Å². The molecule has 3 fully saturated rings. The fraction of sp³-hybridized carbons (Fsp3) is 0.810. The second-order valence-corrected chi connectivity index (χ2v) is 10.2. The standard InChI is InChI=1S/C21H32O3S/c22-25(23,24)21-19(16-9-3-4-10-16)13-18(15-7-1-2-8-15)14-20(21)17-11-5-6-12-17/h13,15-18H,1-12,14H2,(H,22,23,24)/t18-/m0/s1. The van der Waals surface area contributed by atoms with Crippen LogP contribution >= 0.6 is 0 Å². The van der Waals surface area contributed by atoms with E-state index in [0.717, 1.165) is 49.2 Å². The van der Waals surface area contributed by atoms with Gasteiger partial charge in [-0.15, -0.1) is 0 Å². The highest BCUT2D eigenvalue weighted by molar-refractivity contribution is 7.90. The number of hydrogen-bond donors (Lipinski definition) is 1. The van der Waals surface area contributed by atoms with Crippen LogP contribution in [-0.2, 0) is 10.1 Å². The minimum atomic E-state index is -4.13. The Hall–Kier alpha value is -0.610. The second kappa shape index (κ2) is 7.19. The summed E-state index contributed by atoms with van der Waals surface area (Å²) in [5.74, 6) is 1.94. The van der Waals surface area contributed by atoms with Crippen LogP contribution in [0.3, 0.4) is 0 Å². The van der Waals surface area contributed by atoms with Crippen LogP contribution < -0.4 is 0 Å². The van der Waals surface area contributed by atoms with Gasteiger partial charge in [0.15, 0.2) is 0 Å². The number of hydrogen-bond acceptors (Lipinski definition) is 2. The monoisotopic (exact) mass is 364 g/mol. The highest BCUT2D eigenvalue weighted by atomic mass is 32.2. The van der Waals surface area contributed by atoms with E-state index in [0.29, 0.717) is 22.7 Å². The summed E-state index contributed by atoms with van der Waals surface area (Å²) < 4.78 is 34.9. The molecule has 0 bridgehead atoms. The van der Waals surface area contributed by atoms with Crippen molar-refractivity contribution in [2.75, 3.05) is 0 Å². The van der Waals surface area contributed by atoms with Crippen LogP contribution in [0.1, 0.15) is 83.5 Å². The van der Waals surface area contributed by atoms with Gasteiger partial charge in [-0.1, -0.05) is 44.6 Å². The first-order chi connectivity index (χ1) is 12.0. The molecule has 25 heavy (non-hydrogen) atoms. The lowest BCUT2D eigenvalue weighted by atomic mass is 9.74. The summed E-state index contributed by atoms with van der Waals surface area (Å²) in [5.41, 5.74) is 2.10. The maximum atomic E-state index is 12.4. The first-order valence-corrected chi connectivity index (χ1v) is 11.9. The van der Waals surface area contributed by atoms with Gasteiger partial charge in [0.1, 0.15) is 0 Å². The molecular weight excluding hydrogens is 332 g/mol. The molecule has 0 aliphatic heterocycles. The van der Waals surface area contributed by atoms with E-state index in [1.807, 2.05) is 0 Å². The van der Waals surface area contributed by atoms with Crippen LogP contribution in [-0.4, -0.2) is 13.0 Å². The van der Waals surface area contributed by atoms with Gasteiger partial charge in [-0.3, -0.25) is 4.55 Å². The van der Waals surface area contributed by atoms with Gasteiger partial charge >= 0.3 is 0 Å². The van der Waals surface area contributed by atoms with Crippen molar-refractivity contribution in [2.45, 2.75) is 83.5 Å². The predicted octanol–water partition coefficient (Wildman–Crippen LogP) is 5.65. The molecule has 0 amide bonds. The zero-order chi connectivity index (χ0) is 17.4. The lowest BCUT2D eigenvalue weighted by Crippen LogP contribution is -2.25. The molecule has 3 nitrogen and oxygen atoms in total. The SMILES string of the molecule is O=S(=O)(O)C1=C(C2CCCC2)C[C@@H](C2CCCC2)C=C1C1CCCC1. The van der Waals surface area contributed by atoms with E-state index in [4.69, 9.17) is 0 Å². The lowest BCUT2D eigenvalue weighted by molar-refractivity contribution is 0.376. The summed E-state index contributed by atoms with van der Waals surface area (Å²) in [5, 5.41) is 0. The van der Waals surface area contributed by atoms with Crippen LogP contribution in [0.25, 0.3) is 0 Å². The quantitative estimate of drug-likeness (QED) is 0.656. The largest absolute Gasteiger partial charge is 0.294 e. The zero-order valence-electron chi connectivity index (χ0n) is 15.3. The maximum Gasteiger partial charge on any atom is 0.294 e. The molecule has 4 heteroatoms. The molecule has 1 atom stereocenters. The van der Waals surface area contributed by atoms with Gasteiger partial charge in [0.25, 0.3) is 10.1 Å². The van der Waals surface area contributed by atoms with Gasteiger partial charge in [0.05, 0.1) is 4.91 Å². The molecule has 1 N–H and O–H groups in total. The van der Waals surface area contributed by atoms with Gasteiger partial charge < -0.3 is 0 Å². The Bertz CT molecular complexity index is 655. The molecule has 0 heterocycles. The van der Waals surface area contributed by atoms with Crippen molar-refractivity contribution >= 4 is 10.1 Å². The molecule has 3 saturated carbocycles. The maximum absolute atomic E-state index is 12.4.